The van der Waals surface area contributed by atoms with Gasteiger partial charge in [-0.15, -0.1) is 10.2 Å². The number of carbonyl (C=O) groups excluding carboxylic acids is 1. The standard InChI is InChI=1S/C23H25FN4OS/c1-13-4-7-18(11-20(13)24)27-14(2)10-19(15(27)3)21(29)12-30-23-26-25-22(16-5-6-16)28(23)17-8-9-17/h4,7,10-11,16-17H,5-6,8-9,12H2,1-3H3. The van der Waals surface area contributed by atoms with Crippen molar-refractivity contribution in [3.63, 3.8) is 0 Å². The normalized spacial score (nSPS) is 16.3. The number of carbonyl (C=O) groups is 1. The fourth-order valence-corrected chi connectivity index (χ4v) is 4.95. The molecule has 2 aliphatic rings. The Labute approximate surface area is 179 Å². The van der Waals surface area contributed by atoms with Crippen LogP contribution < -0.4 is 0 Å². The third kappa shape index (κ3) is 3.49. The Kier molecular flexibility index (Phi) is 4.81. The van der Waals surface area contributed by atoms with Gasteiger partial charge in [-0.05, 0) is 70.2 Å². The molecule has 0 saturated heterocycles. The quantitative estimate of drug-likeness (QED) is 0.380. The van der Waals surface area contributed by atoms with Gasteiger partial charge in [0.2, 0.25) is 0 Å². The maximum Gasteiger partial charge on any atom is 0.191 e. The van der Waals surface area contributed by atoms with Crippen molar-refractivity contribution in [1.29, 1.82) is 0 Å². The fourth-order valence-electron chi connectivity index (χ4n) is 4.05. The number of Topliss-reactive ketones (excluding diaryl/α,β-unsaturated/α-hetero) is 1. The first-order valence-corrected chi connectivity index (χ1v) is 11.5. The maximum absolute atomic E-state index is 14.1. The largest absolute Gasteiger partial charge is 0.318 e. The van der Waals surface area contributed by atoms with Crippen molar-refractivity contribution in [2.24, 2.45) is 0 Å². The molecule has 0 unspecified atom stereocenters. The average Bonchev–Trinajstić information content (AvgIpc) is 3.65. The molecule has 0 bridgehead atoms. The molecule has 7 heteroatoms. The highest BCUT2D eigenvalue weighted by atomic mass is 32.2. The minimum atomic E-state index is -0.241. The van der Waals surface area contributed by atoms with Gasteiger partial charge in [-0.3, -0.25) is 4.79 Å². The zero-order chi connectivity index (χ0) is 21.0. The summed E-state index contributed by atoms with van der Waals surface area (Å²) >= 11 is 1.48. The van der Waals surface area contributed by atoms with Gasteiger partial charge >= 0.3 is 0 Å². The van der Waals surface area contributed by atoms with Gasteiger partial charge in [0, 0.05) is 34.6 Å². The summed E-state index contributed by atoms with van der Waals surface area (Å²) in [5, 5.41) is 9.68. The van der Waals surface area contributed by atoms with E-state index in [0.29, 0.717) is 28.8 Å². The molecule has 5 rings (SSSR count). The summed E-state index contributed by atoms with van der Waals surface area (Å²) in [6, 6.07) is 7.59. The van der Waals surface area contributed by atoms with Crippen LogP contribution in [0.4, 0.5) is 4.39 Å². The van der Waals surface area contributed by atoms with Gasteiger partial charge in [-0.25, -0.2) is 4.39 Å². The van der Waals surface area contributed by atoms with Crippen molar-refractivity contribution in [3.8, 4) is 5.69 Å². The Morgan fingerprint density at radius 1 is 1.13 bits per heavy atom. The van der Waals surface area contributed by atoms with Crippen LogP contribution in [0.1, 0.15) is 70.8 Å². The van der Waals surface area contributed by atoms with Crippen LogP contribution in [0.5, 0.6) is 0 Å². The Bertz CT molecular complexity index is 1140. The van der Waals surface area contributed by atoms with Crippen LogP contribution in [0.15, 0.2) is 29.4 Å². The molecule has 0 N–H and O–H groups in total. The molecule has 1 aromatic carbocycles. The number of halogens is 1. The van der Waals surface area contributed by atoms with E-state index in [1.165, 1.54) is 43.5 Å². The third-order valence-electron chi connectivity index (χ3n) is 6.02. The Balaban J connectivity index is 1.37. The molecule has 2 aliphatic carbocycles. The Hall–Kier alpha value is -2.41. The predicted molar refractivity (Wildman–Crippen MR) is 115 cm³/mol. The van der Waals surface area contributed by atoms with Crippen molar-refractivity contribution in [2.45, 2.75) is 63.6 Å². The van der Waals surface area contributed by atoms with Crippen molar-refractivity contribution in [3.05, 3.63) is 58.4 Å². The number of ketones is 1. The van der Waals surface area contributed by atoms with Crippen LogP contribution in [0, 0.1) is 26.6 Å². The number of rotatable bonds is 7. The molecular weight excluding hydrogens is 399 g/mol. The second-order valence-corrected chi connectivity index (χ2v) is 9.42. The molecule has 5 nitrogen and oxygen atoms in total. The van der Waals surface area contributed by atoms with Gasteiger partial charge in [0.1, 0.15) is 11.6 Å². The van der Waals surface area contributed by atoms with E-state index in [-0.39, 0.29) is 11.6 Å². The van der Waals surface area contributed by atoms with Crippen molar-refractivity contribution in [2.75, 3.05) is 5.75 Å². The van der Waals surface area contributed by atoms with Crippen LogP contribution >= 0.6 is 11.8 Å². The van der Waals surface area contributed by atoms with Crippen LogP contribution in [-0.4, -0.2) is 30.9 Å². The summed E-state index contributed by atoms with van der Waals surface area (Å²) in [6.07, 6.45) is 4.74. The van der Waals surface area contributed by atoms with E-state index in [0.717, 1.165) is 28.1 Å². The molecule has 0 amide bonds. The van der Waals surface area contributed by atoms with E-state index in [4.69, 9.17) is 0 Å². The summed E-state index contributed by atoms with van der Waals surface area (Å²) < 4.78 is 18.3. The zero-order valence-corrected chi connectivity index (χ0v) is 18.3. The van der Waals surface area contributed by atoms with Gasteiger partial charge < -0.3 is 9.13 Å². The van der Waals surface area contributed by atoms with Crippen LogP contribution in [-0.2, 0) is 0 Å². The van der Waals surface area contributed by atoms with Crippen molar-refractivity contribution < 1.29 is 9.18 Å². The van der Waals surface area contributed by atoms with Gasteiger partial charge in [-0.2, -0.15) is 0 Å². The minimum Gasteiger partial charge on any atom is -0.318 e. The predicted octanol–water partition coefficient (Wildman–Crippen LogP) is 5.32. The lowest BCUT2D eigenvalue weighted by Gasteiger charge is -2.11. The maximum atomic E-state index is 14.1. The van der Waals surface area contributed by atoms with Gasteiger partial charge in [0.25, 0.3) is 0 Å². The number of aryl methyl sites for hydroxylation is 2. The highest BCUT2D eigenvalue weighted by Crippen LogP contribution is 2.46. The summed E-state index contributed by atoms with van der Waals surface area (Å²) in [5.74, 6) is 1.80. The third-order valence-corrected chi connectivity index (χ3v) is 6.97. The van der Waals surface area contributed by atoms with Crippen molar-refractivity contribution in [1.82, 2.24) is 19.3 Å². The van der Waals surface area contributed by atoms with E-state index in [2.05, 4.69) is 14.8 Å². The number of hydrogen-bond donors (Lipinski definition) is 0. The van der Waals surface area contributed by atoms with E-state index in [1.807, 2.05) is 30.5 Å². The second kappa shape index (κ2) is 7.38. The lowest BCUT2D eigenvalue weighted by atomic mass is 10.2. The van der Waals surface area contributed by atoms with E-state index >= 15 is 0 Å². The lowest BCUT2D eigenvalue weighted by molar-refractivity contribution is 0.102. The smallest absolute Gasteiger partial charge is 0.191 e. The molecule has 2 aromatic heterocycles. The number of benzene rings is 1. The first-order valence-electron chi connectivity index (χ1n) is 10.5. The van der Waals surface area contributed by atoms with Gasteiger partial charge in [-0.1, -0.05) is 17.8 Å². The molecule has 30 heavy (non-hydrogen) atoms. The Morgan fingerprint density at radius 2 is 1.90 bits per heavy atom. The summed E-state index contributed by atoms with van der Waals surface area (Å²) in [4.78, 5) is 13.0. The molecular formula is C23H25FN4OS. The summed E-state index contributed by atoms with van der Waals surface area (Å²) in [6.45, 7) is 5.61. The molecule has 0 radical (unpaired) electrons. The highest BCUT2D eigenvalue weighted by molar-refractivity contribution is 7.99. The van der Waals surface area contributed by atoms with Gasteiger partial charge in [0.05, 0.1) is 5.75 Å². The zero-order valence-electron chi connectivity index (χ0n) is 17.5. The van der Waals surface area contributed by atoms with Crippen LogP contribution in [0.25, 0.3) is 5.69 Å². The molecule has 2 heterocycles. The van der Waals surface area contributed by atoms with Crippen LogP contribution in [0.3, 0.4) is 0 Å². The molecule has 3 aromatic rings. The number of hydrogen-bond acceptors (Lipinski definition) is 4. The minimum absolute atomic E-state index is 0.0604. The van der Waals surface area contributed by atoms with E-state index in [1.54, 1.807) is 13.0 Å². The highest BCUT2D eigenvalue weighted by Gasteiger charge is 2.36. The molecule has 156 valence electrons. The topological polar surface area (TPSA) is 52.7 Å². The SMILES string of the molecule is Cc1ccc(-n2c(C)cc(C(=O)CSc3nnc(C4CC4)n3C3CC3)c2C)cc1F. The van der Waals surface area contributed by atoms with Crippen LogP contribution in [0.2, 0.25) is 0 Å². The number of thioether (sulfide) groups is 1. The molecule has 0 spiro atoms. The summed E-state index contributed by atoms with van der Waals surface area (Å²) in [5.41, 5.74) is 3.78. The van der Waals surface area contributed by atoms with Crippen molar-refractivity contribution >= 4 is 17.5 Å². The Morgan fingerprint density at radius 3 is 2.57 bits per heavy atom. The fraction of sp³-hybridized carbons (Fsp3) is 0.435. The van der Waals surface area contributed by atoms with Gasteiger partial charge in [0.15, 0.2) is 10.9 Å². The molecule has 2 saturated carbocycles. The molecule has 0 atom stereocenters. The molecule has 2 fully saturated rings. The first kappa shape index (κ1) is 19.5. The molecule has 0 aliphatic heterocycles. The van der Waals surface area contributed by atoms with E-state index < -0.39 is 0 Å². The monoisotopic (exact) mass is 424 g/mol. The number of aromatic nitrogens is 4. The second-order valence-electron chi connectivity index (χ2n) is 8.48. The summed E-state index contributed by atoms with van der Waals surface area (Å²) in [7, 11) is 0. The van der Waals surface area contributed by atoms with E-state index in [9.17, 15) is 9.18 Å². The first-order chi connectivity index (χ1) is 14.4. The number of nitrogens with zero attached hydrogens (tertiary/aromatic N) is 4. The average molecular weight is 425 g/mol. The lowest BCUT2D eigenvalue weighted by Crippen LogP contribution is -2.07.